The van der Waals surface area contributed by atoms with E-state index in [0.717, 1.165) is 32.4 Å². The molecule has 2 heterocycles. The fourth-order valence-electron chi connectivity index (χ4n) is 3.25. The number of amides is 1. The molecule has 2 atom stereocenters. The summed E-state index contributed by atoms with van der Waals surface area (Å²) in [5.41, 5.74) is -1.09. The number of likely N-dealkylation sites (tertiary alicyclic amines) is 1. The first kappa shape index (κ1) is 14.3. The molecule has 0 bridgehead atoms. The Bertz CT molecular complexity index is 377. The predicted octanol–water partition coefficient (Wildman–Crippen LogP) is 1.09. The summed E-state index contributed by atoms with van der Waals surface area (Å²) in [6.45, 7) is 6.41. The predicted molar refractivity (Wildman–Crippen MR) is 71.8 cm³/mol. The van der Waals surface area contributed by atoms with Gasteiger partial charge in [-0.25, -0.2) is 0 Å². The lowest BCUT2D eigenvalue weighted by molar-refractivity contribution is -0.148. The number of rotatable bonds is 3. The van der Waals surface area contributed by atoms with Crippen molar-refractivity contribution in [2.24, 2.45) is 10.8 Å². The number of nitrogens with zero attached hydrogens (tertiary/aromatic N) is 1. The Morgan fingerprint density at radius 3 is 2.58 bits per heavy atom. The van der Waals surface area contributed by atoms with Crippen molar-refractivity contribution >= 4 is 11.9 Å². The number of hydrogen-bond donors (Lipinski definition) is 2. The quantitative estimate of drug-likeness (QED) is 0.804. The molecule has 1 amide bonds. The number of carboxylic acids is 1. The van der Waals surface area contributed by atoms with Gasteiger partial charge in [0, 0.05) is 19.6 Å². The lowest BCUT2D eigenvalue weighted by Gasteiger charge is -2.38. The van der Waals surface area contributed by atoms with Crippen LogP contribution in [0.3, 0.4) is 0 Å². The van der Waals surface area contributed by atoms with E-state index in [1.54, 1.807) is 11.8 Å². The summed E-state index contributed by atoms with van der Waals surface area (Å²) < 4.78 is 0. The van der Waals surface area contributed by atoms with E-state index in [0.29, 0.717) is 19.5 Å². The minimum atomic E-state index is -0.796. The molecule has 0 aromatic heterocycles. The summed E-state index contributed by atoms with van der Waals surface area (Å²) in [6, 6.07) is 0. The second-order valence-corrected chi connectivity index (χ2v) is 6.26. The fourth-order valence-corrected chi connectivity index (χ4v) is 3.25. The zero-order valence-electron chi connectivity index (χ0n) is 11.9. The molecular weight excluding hydrogens is 244 g/mol. The SMILES string of the molecule is CCC1(C(=O)N2CCC(C)(C(=O)O)C2)CCCNC1. The molecule has 0 radical (unpaired) electrons. The van der Waals surface area contributed by atoms with Crippen molar-refractivity contribution in [2.45, 2.75) is 39.5 Å². The van der Waals surface area contributed by atoms with E-state index in [4.69, 9.17) is 0 Å². The molecule has 108 valence electrons. The molecule has 2 aliphatic rings. The lowest BCUT2D eigenvalue weighted by Crippen LogP contribution is -2.51. The van der Waals surface area contributed by atoms with Gasteiger partial charge < -0.3 is 15.3 Å². The van der Waals surface area contributed by atoms with Gasteiger partial charge in [-0.1, -0.05) is 6.92 Å². The number of nitrogens with one attached hydrogen (secondary N) is 1. The van der Waals surface area contributed by atoms with Crippen LogP contribution in [-0.2, 0) is 9.59 Å². The van der Waals surface area contributed by atoms with E-state index in [1.807, 2.05) is 0 Å². The summed E-state index contributed by atoms with van der Waals surface area (Å²) in [4.78, 5) is 25.8. The molecule has 2 fully saturated rings. The molecule has 19 heavy (non-hydrogen) atoms. The van der Waals surface area contributed by atoms with E-state index in [1.165, 1.54) is 0 Å². The zero-order valence-corrected chi connectivity index (χ0v) is 11.9. The third-order valence-corrected chi connectivity index (χ3v) is 4.88. The van der Waals surface area contributed by atoms with Crippen molar-refractivity contribution in [2.75, 3.05) is 26.2 Å². The maximum absolute atomic E-state index is 12.8. The average Bonchev–Trinajstić information content (AvgIpc) is 2.83. The Balaban J connectivity index is 2.10. The van der Waals surface area contributed by atoms with Gasteiger partial charge in [0.25, 0.3) is 0 Å². The minimum absolute atomic E-state index is 0.146. The first-order valence-electron chi connectivity index (χ1n) is 7.17. The van der Waals surface area contributed by atoms with Gasteiger partial charge in [-0.2, -0.15) is 0 Å². The van der Waals surface area contributed by atoms with Crippen molar-refractivity contribution in [1.29, 1.82) is 0 Å². The summed E-state index contributed by atoms with van der Waals surface area (Å²) in [7, 11) is 0. The first-order chi connectivity index (χ1) is 8.93. The van der Waals surface area contributed by atoms with Gasteiger partial charge in [-0.05, 0) is 39.2 Å². The largest absolute Gasteiger partial charge is 0.481 e. The van der Waals surface area contributed by atoms with Crippen LogP contribution in [0.1, 0.15) is 39.5 Å². The molecule has 2 N–H and O–H groups in total. The third-order valence-electron chi connectivity index (χ3n) is 4.88. The zero-order chi connectivity index (χ0) is 14.1. The molecule has 0 aliphatic carbocycles. The summed E-state index contributed by atoms with van der Waals surface area (Å²) in [5, 5.41) is 12.6. The van der Waals surface area contributed by atoms with Crippen LogP contribution in [0.4, 0.5) is 0 Å². The van der Waals surface area contributed by atoms with Crippen molar-refractivity contribution in [3.63, 3.8) is 0 Å². The normalized spacial score (nSPS) is 35.4. The van der Waals surface area contributed by atoms with Crippen LogP contribution in [0.15, 0.2) is 0 Å². The van der Waals surface area contributed by atoms with Gasteiger partial charge >= 0.3 is 5.97 Å². The van der Waals surface area contributed by atoms with E-state index < -0.39 is 11.4 Å². The standard InChI is InChI=1S/C14H24N2O3/c1-3-14(5-4-7-15-9-14)11(17)16-8-6-13(2,10-16)12(18)19/h15H,3-10H2,1-2H3,(H,18,19). The molecule has 2 saturated heterocycles. The topological polar surface area (TPSA) is 69.6 Å². The van der Waals surface area contributed by atoms with Gasteiger partial charge in [0.1, 0.15) is 0 Å². The maximum atomic E-state index is 12.8. The highest BCUT2D eigenvalue weighted by Gasteiger charge is 2.47. The van der Waals surface area contributed by atoms with Gasteiger partial charge in [0.15, 0.2) is 0 Å². The van der Waals surface area contributed by atoms with Gasteiger partial charge in [-0.15, -0.1) is 0 Å². The van der Waals surface area contributed by atoms with Crippen LogP contribution in [0.5, 0.6) is 0 Å². The third kappa shape index (κ3) is 2.48. The van der Waals surface area contributed by atoms with Crippen molar-refractivity contribution in [1.82, 2.24) is 10.2 Å². The van der Waals surface area contributed by atoms with Crippen LogP contribution >= 0.6 is 0 Å². The molecular formula is C14H24N2O3. The average molecular weight is 268 g/mol. The molecule has 5 nitrogen and oxygen atoms in total. The second-order valence-electron chi connectivity index (χ2n) is 6.26. The van der Waals surface area contributed by atoms with Crippen molar-refractivity contribution in [3.05, 3.63) is 0 Å². The van der Waals surface area contributed by atoms with E-state index >= 15 is 0 Å². The van der Waals surface area contributed by atoms with Crippen molar-refractivity contribution < 1.29 is 14.7 Å². The maximum Gasteiger partial charge on any atom is 0.311 e. The van der Waals surface area contributed by atoms with Crippen LogP contribution in [0, 0.1) is 10.8 Å². The van der Waals surface area contributed by atoms with Gasteiger partial charge in [-0.3, -0.25) is 9.59 Å². The molecule has 2 unspecified atom stereocenters. The van der Waals surface area contributed by atoms with Crippen molar-refractivity contribution in [3.8, 4) is 0 Å². The molecule has 0 saturated carbocycles. The number of carbonyl (C=O) groups excluding carboxylic acids is 1. The van der Waals surface area contributed by atoms with Gasteiger partial charge in [0.2, 0.25) is 5.91 Å². The Labute approximate surface area is 114 Å². The minimum Gasteiger partial charge on any atom is -0.481 e. The summed E-state index contributed by atoms with van der Waals surface area (Å²) in [6.07, 6.45) is 3.31. The Morgan fingerprint density at radius 1 is 1.37 bits per heavy atom. The number of aliphatic carboxylic acids is 1. The van der Waals surface area contributed by atoms with E-state index in [-0.39, 0.29) is 11.3 Å². The van der Waals surface area contributed by atoms with Crippen LogP contribution < -0.4 is 5.32 Å². The molecule has 0 spiro atoms. The lowest BCUT2D eigenvalue weighted by atomic mass is 9.77. The number of carboxylic acid groups (broad SMARTS) is 1. The summed E-state index contributed by atoms with van der Waals surface area (Å²) in [5.74, 6) is -0.651. The molecule has 5 heteroatoms. The smallest absolute Gasteiger partial charge is 0.311 e. The van der Waals surface area contributed by atoms with E-state index in [2.05, 4.69) is 12.2 Å². The highest BCUT2D eigenvalue weighted by Crippen LogP contribution is 2.37. The number of carbonyl (C=O) groups is 2. The second kappa shape index (κ2) is 5.12. The molecule has 2 rings (SSSR count). The Kier molecular flexibility index (Phi) is 3.85. The number of piperidine rings is 1. The molecule has 2 aliphatic heterocycles. The van der Waals surface area contributed by atoms with Gasteiger partial charge in [0.05, 0.1) is 10.8 Å². The molecule has 0 aromatic carbocycles. The van der Waals surface area contributed by atoms with Crippen LogP contribution in [-0.4, -0.2) is 48.1 Å². The fraction of sp³-hybridized carbons (Fsp3) is 0.857. The monoisotopic (exact) mass is 268 g/mol. The molecule has 0 aromatic rings. The Hall–Kier alpha value is -1.10. The highest BCUT2D eigenvalue weighted by atomic mass is 16.4. The summed E-state index contributed by atoms with van der Waals surface area (Å²) >= 11 is 0. The van der Waals surface area contributed by atoms with E-state index in [9.17, 15) is 14.7 Å². The van der Waals surface area contributed by atoms with Crippen LogP contribution in [0.25, 0.3) is 0 Å². The van der Waals surface area contributed by atoms with Crippen LogP contribution in [0.2, 0.25) is 0 Å². The first-order valence-corrected chi connectivity index (χ1v) is 7.17. The number of hydrogen-bond acceptors (Lipinski definition) is 3. The Morgan fingerprint density at radius 2 is 2.11 bits per heavy atom. The highest BCUT2D eigenvalue weighted by molar-refractivity contribution is 5.85.